The average molecular weight is 697 g/mol. The van der Waals surface area contributed by atoms with E-state index in [0.29, 0.717) is 36.1 Å². The van der Waals surface area contributed by atoms with E-state index in [1.807, 2.05) is 34.1 Å². The Balaban J connectivity index is 1.83. The number of thiophene rings is 2. The smallest absolute Gasteiger partial charge is 0.261 e. The van der Waals surface area contributed by atoms with E-state index in [0.717, 1.165) is 67.2 Å². The molecular formula is C31H40Br2N2O2S2. The Morgan fingerprint density at radius 2 is 1.10 bits per heavy atom. The Labute approximate surface area is 258 Å². The predicted octanol–water partition coefficient (Wildman–Crippen LogP) is 9.96. The molecule has 0 saturated heterocycles. The molecule has 0 radical (unpaired) electrons. The standard InChI is InChI=1S/C31H40Br2N2O2S2/c1-5-9-11-13-21(8-4)19-35-29(23-15-17-25(33)39-23)27-26(31(35)37)28(22-14-16-24(32)38-22)34(30(27)36)18-20(7-3)12-10-6-2/h14-17,20-21H,5-13,18-19H2,1-4H3. The van der Waals surface area contributed by atoms with Crippen LogP contribution in [0.2, 0.25) is 0 Å². The van der Waals surface area contributed by atoms with Crippen LogP contribution in [0, 0.1) is 11.8 Å². The van der Waals surface area contributed by atoms with Crippen LogP contribution in [0.1, 0.15) is 95.2 Å². The lowest BCUT2D eigenvalue weighted by molar-refractivity contribution is -0.124. The van der Waals surface area contributed by atoms with E-state index in [1.54, 1.807) is 22.7 Å². The monoisotopic (exact) mass is 694 g/mol. The van der Waals surface area contributed by atoms with Gasteiger partial charge in [-0.1, -0.05) is 72.6 Å². The van der Waals surface area contributed by atoms with Gasteiger partial charge in [0, 0.05) is 13.1 Å². The number of unbranched alkanes of at least 4 members (excludes halogenated alkanes) is 3. The van der Waals surface area contributed by atoms with Gasteiger partial charge in [-0.25, -0.2) is 0 Å². The molecule has 0 spiro atoms. The SMILES string of the molecule is CCCCCC(CC)CN1C(=O)C2=C(c3ccc(Br)s3)N(CC(CC)CCCC)C(=O)C2=C1c1ccc(Br)s1. The van der Waals surface area contributed by atoms with Crippen LogP contribution in [0.5, 0.6) is 0 Å². The van der Waals surface area contributed by atoms with Gasteiger partial charge in [0.05, 0.1) is 39.9 Å². The third-order valence-corrected chi connectivity index (χ3v) is 11.3. The van der Waals surface area contributed by atoms with Crippen LogP contribution in [0.25, 0.3) is 11.4 Å². The highest BCUT2D eigenvalue weighted by atomic mass is 79.9. The van der Waals surface area contributed by atoms with Gasteiger partial charge in [-0.2, -0.15) is 0 Å². The van der Waals surface area contributed by atoms with Crippen molar-refractivity contribution in [1.29, 1.82) is 0 Å². The maximum atomic E-state index is 14.4. The first kappa shape index (κ1) is 30.7. The normalized spacial score (nSPS) is 17.2. The zero-order chi connectivity index (χ0) is 28.1. The number of halogens is 2. The van der Waals surface area contributed by atoms with E-state index in [1.165, 1.54) is 19.3 Å². The average Bonchev–Trinajstić information content (AvgIpc) is 3.67. The molecule has 2 aromatic heterocycles. The van der Waals surface area contributed by atoms with Crippen molar-refractivity contribution in [3.05, 3.63) is 52.7 Å². The summed E-state index contributed by atoms with van der Waals surface area (Å²) in [5.41, 5.74) is 2.81. The zero-order valence-electron chi connectivity index (χ0n) is 23.5. The molecule has 4 rings (SSSR count). The molecule has 0 saturated carbocycles. The molecule has 2 aliphatic rings. The zero-order valence-corrected chi connectivity index (χ0v) is 28.3. The van der Waals surface area contributed by atoms with Crippen LogP contribution < -0.4 is 0 Å². The summed E-state index contributed by atoms with van der Waals surface area (Å²) in [5, 5.41) is 0. The summed E-state index contributed by atoms with van der Waals surface area (Å²) in [6, 6.07) is 8.13. The molecule has 2 aromatic rings. The second-order valence-electron chi connectivity index (χ2n) is 10.7. The Kier molecular flexibility index (Phi) is 11.1. The van der Waals surface area contributed by atoms with Crippen LogP contribution in [-0.2, 0) is 9.59 Å². The molecule has 0 aromatic carbocycles. The van der Waals surface area contributed by atoms with Gasteiger partial charge in [0.15, 0.2) is 0 Å². The molecular weight excluding hydrogens is 656 g/mol. The molecule has 212 valence electrons. The number of carbonyl (C=O) groups is 2. The van der Waals surface area contributed by atoms with Gasteiger partial charge in [-0.15, -0.1) is 22.7 Å². The summed E-state index contributed by atoms with van der Waals surface area (Å²) in [6.07, 6.45) is 10.1. The molecule has 0 bridgehead atoms. The molecule has 4 nitrogen and oxygen atoms in total. The minimum atomic E-state index is -0.0196. The van der Waals surface area contributed by atoms with Gasteiger partial charge >= 0.3 is 0 Å². The van der Waals surface area contributed by atoms with Crippen LogP contribution >= 0.6 is 54.5 Å². The van der Waals surface area contributed by atoms with Gasteiger partial charge in [-0.3, -0.25) is 9.59 Å². The Hall–Kier alpha value is -1.22. The van der Waals surface area contributed by atoms with Gasteiger partial charge in [0.1, 0.15) is 0 Å². The first-order valence-electron chi connectivity index (χ1n) is 14.5. The Morgan fingerprint density at radius 1 is 0.667 bits per heavy atom. The van der Waals surface area contributed by atoms with E-state index in [9.17, 15) is 9.59 Å². The lowest BCUT2D eigenvalue weighted by Crippen LogP contribution is -2.34. The quantitative estimate of drug-likeness (QED) is 0.174. The van der Waals surface area contributed by atoms with E-state index in [2.05, 4.69) is 59.6 Å². The Morgan fingerprint density at radius 3 is 1.46 bits per heavy atom. The summed E-state index contributed by atoms with van der Waals surface area (Å²) in [4.78, 5) is 34.6. The first-order chi connectivity index (χ1) is 18.8. The van der Waals surface area contributed by atoms with Gasteiger partial charge in [0.2, 0.25) is 0 Å². The summed E-state index contributed by atoms with van der Waals surface area (Å²) < 4.78 is 2.00. The van der Waals surface area contributed by atoms with Crippen LogP contribution in [0.4, 0.5) is 0 Å². The topological polar surface area (TPSA) is 40.6 Å². The van der Waals surface area contributed by atoms with E-state index in [4.69, 9.17) is 0 Å². The van der Waals surface area contributed by atoms with E-state index < -0.39 is 0 Å². The fraction of sp³-hybridized carbons (Fsp3) is 0.548. The molecule has 2 atom stereocenters. The highest BCUT2D eigenvalue weighted by molar-refractivity contribution is 9.11. The molecule has 2 amide bonds. The third kappa shape index (κ3) is 6.65. The summed E-state index contributed by atoms with van der Waals surface area (Å²) in [7, 11) is 0. The van der Waals surface area contributed by atoms with Crippen molar-refractivity contribution in [2.45, 2.75) is 85.5 Å². The lowest BCUT2D eigenvalue weighted by Gasteiger charge is -2.29. The molecule has 2 unspecified atom stereocenters. The number of rotatable bonds is 15. The fourth-order valence-electron chi connectivity index (χ4n) is 5.68. The summed E-state index contributed by atoms with van der Waals surface area (Å²) in [5.74, 6) is 0.771. The largest absolute Gasteiger partial charge is 0.306 e. The second kappa shape index (κ2) is 14.1. The van der Waals surface area contributed by atoms with Crippen molar-refractivity contribution >= 4 is 77.7 Å². The predicted molar refractivity (Wildman–Crippen MR) is 173 cm³/mol. The Bertz CT molecular complexity index is 1240. The van der Waals surface area contributed by atoms with Crippen molar-refractivity contribution in [3.8, 4) is 0 Å². The molecule has 8 heteroatoms. The number of hydrogen-bond donors (Lipinski definition) is 0. The van der Waals surface area contributed by atoms with Crippen molar-refractivity contribution in [2.24, 2.45) is 11.8 Å². The number of carbonyl (C=O) groups excluding carboxylic acids is 2. The van der Waals surface area contributed by atoms with Gasteiger partial charge in [0.25, 0.3) is 11.8 Å². The minimum Gasteiger partial charge on any atom is -0.306 e. The number of hydrogen-bond acceptors (Lipinski definition) is 4. The second-order valence-corrected chi connectivity index (χ2v) is 15.6. The molecule has 4 heterocycles. The molecule has 0 aliphatic carbocycles. The lowest BCUT2D eigenvalue weighted by atomic mass is 9.97. The van der Waals surface area contributed by atoms with Crippen LogP contribution in [0.15, 0.2) is 43.0 Å². The van der Waals surface area contributed by atoms with E-state index >= 15 is 0 Å². The highest BCUT2D eigenvalue weighted by Gasteiger charge is 2.50. The van der Waals surface area contributed by atoms with Crippen molar-refractivity contribution < 1.29 is 9.59 Å². The molecule has 0 N–H and O–H groups in total. The van der Waals surface area contributed by atoms with Crippen molar-refractivity contribution in [3.63, 3.8) is 0 Å². The number of nitrogens with zero attached hydrogens (tertiary/aromatic N) is 2. The maximum Gasteiger partial charge on any atom is 0.261 e. The number of fused-ring (bicyclic) bond motifs is 1. The van der Waals surface area contributed by atoms with Crippen LogP contribution in [-0.4, -0.2) is 34.7 Å². The molecule has 0 fully saturated rings. The minimum absolute atomic E-state index is 0.0181. The van der Waals surface area contributed by atoms with Crippen molar-refractivity contribution in [2.75, 3.05) is 13.1 Å². The first-order valence-corrected chi connectivity index (χ1v) is 17.7. The third-order valence-electron chi connectivity index (χ3n) is 8.01. The molecule has 2 aliphatic heterocycles. The van der Waals surface area contributed by atoms with Gasteiger partial charge < -0.3 is 9.80 Å². The number of amides is 2. The highest BCUT2D eigenvalue weighted by Crippen LogP contribution is 2.50. The van der Waals surface area contributed by atoms with Crippen molar-refractivity contribution in [1.82, 2.24) is 9.80 Å². The van der Waals surface area contributed by atoms with Gasteiger partial charge in [-0.05, 0) is 80.8 Å². The fourth-order valence-corrected chi connectivity index (χ4v) is 8.57. The van der Waals surface area contributed by atoms with Crippen LogP contribution in [0.3, 0.4) is 0 Å². The van der Waals surface area contributed by atoms with E-state index in [-0.39, 0.29) is 11.8 Å². The summed E-state index contributed by atoms with van der Waals surface area (Å²) >= 11 is 10.4. The molecule has 39 heavy (non-hydrogen) atoms. The maximum absolute atomic E-state index is 14.4. The summed E-state index contributed by atoms with van der Waals surface area (Å²) in [6.45, 7) is 10.2.